The number of aromatic amines is 1. The van der Waals surface area contributed by atoms with Gasteiger partial charge in [-0.15, -0.1) is 11.3 Å². The first-order valence-electron chi connectivity index (χ1n) is 6.48. The van der Waals surface area contributed by atoms with E-state index in [4.69, 9.17) is 0 Å². The fraction of sp³-hybridized carbons (Fsp3) is 0.125. The second-order valence-corrected chi connectivity index (χ2v) is 6.01. The van der Waals surface area contributed by atoms with Gasteiger partial charge in [0.25, 0.3) is 5.56 Å². The molecule has 0 aliphatic carbocycles. The molecule has 0 amide bonds. The summed E-state index contributed by atoms with van der Waals surface area (Å²) in [4.78, 5) is 21.1. The largest absolute Gasteiger partial charge is 0.306 e. The van der Waals surface area contributed by atoms with E-state index < -0.39 is 0 Å². The Morgan fingerprint density at radius 3 is 2.86 bits per heavy atom. The number of H-pyrrole nitrogens is 1. The number of rotatable bonds is 2. The third-order valence-electron chi connectivity index (χ3n) is 3.34. The molecule has 0 aliphatic rings. The summed E-state index contributed by atoms with van der Waals surface area (Å²) >= 11 is 1.51. The first-order chi connectivity index (χ1) is 10.0. The highest BCUT2D eigenvalue weighted by molar-refractivity contribution is 7.18. The summed E-state index contributed by atoms with van der Waals surface area (Å²) in [6.45, 7) is 3.90. The van der Waals surface area contributed by atoms with Gasteiger partial charge in [-0.1, -0.05) is 18.2 Å². The van der Waals surface area contributed by atoms with Gasteiger partial charge in [0, 0.05) is 4.88 Å². The van der Waals surface area contributed by atoms with E-state index in [1.807, 2.05) is 13.8 Å². The Hall–Kier alpha value is -2.27. The van der Waals surface area contributed by atoms with Crippen molar-refractivity contribution in [2.75, 3.05) is 0 Å². The predicted octanol–water partition coefficient (Wildman–Crippen LogP) is 3.91. The van der Waals surface area contributed by atoms with Crippen LogP contribution in [0.15, 0.2) is 29.1 Å². The van der Waals surface area contributed by atoms with Crippen molar-refractivity contribution < 1.29 is 4.39 Å². The van der Waals surface area contributed by atoms with Crippen LogP contribution in [0.3, 0.4) is 0 Å². The van der Waals surface area contributed by atoms with Gasteiger partial charge in [0.2, 0.25) is 0 Å². The molecule has 3 rings (SSSR count). The molecular formula is C16H13FN2OS. The average molecular weight is 300 g/mol. The number of aromatic nitrogens is 2. The molecule has 1 aromatic carbocycles. The number of hydrogen-bond acceptors (Lipinski definition) is 3. The van der Waals surface area contributed by atoms with Crippen LogP contribution in [-0.2, 0) is 0 Å². The highest BCUT2D eigenvalue weighted by Crippen LogP contribution is 2.25. The molecule has 0 atom stereocenters. The van der Waals surface area contributed by atoms with E-state index in [9.17, 15) is 9.18 Å². The minimum absolute atomic E-state index is 0.138. The van der Waals surface area contributed by atoms with Gasteiger partial charge >= 0.3 is 0 Å². The van der Waals surface area contributed by atoms with Crippen LogP contribution < -0.4 is 5.56 Å². The number of benzene rings is 1. The van der Waals surface area contributed by atoms with Crippen LogP contribution in [0.2, 0.25) is 0 Å². The lowest BCUT2D eigenvalue weighted by molar-refractivity contribution is 0.627. The molecule has 0 saturated carbocycles. The smallest absolute Gasteiger partial charge is 0.260 e. The first kappa shape index (κ1) is 13.7. The van der Waals surface area contributed by atoms with Gasteiger partial charge < -0.3 is 4.98 Å². The van der Waals surface area contributed by atoms with E-state index in [1.54, 1.807) is 24.3 Å². The first-order valence-corrected chi connectivity index (χ1v) is 7.30. The van der Waals surface area contributed by atoms with E-state index in [-0.39, 0.29) is 11.4 Å². The van der Waals surface area contributed by atoms with Gasteiger partial charge in [-0.3, -0.25) is 4.79 Å². The third kappa shape index (κ3) is 2.64. The van der Waals surface area contributed by atoms with E-state index >= 15 is 0 Å². The standard InChI is InChI=1S/C16H13FN2OS/c1-9-10(2)21-16-14(9)15(20)18-13(19-16)7-6-11-4-3-5-12(17)8-11/h3-8H,1-2H3,(H,18,19,20)/b7-6+. The summed E-state index contributed by atoms with van der Waals surface area (Å²) in [6, 6.07) is 6.24. The molecule has 5 heteroatoms. The molecule has 0 radical (unpaired) electrons. The molecule has 0 saturated heterocycles. The lowest BCUT2D eigenvalue weighted by Gasteiger charge is -1.96. The van der Waals surface area contributed by atoms with Crippen LogP contribution in [-0.4, -0.2) is 9.97 Å². The molecule has 0 unspecified atom stereocenters. The Bertz CT molecular complexity index is 908. The van der Waals surface area contributed by atoms with Crippen LogP contribution in [0.25, 0.3) is 22.4 Å². The number of halogens is 1. The number of hydrogen-bond donors (Lipinski definition) is 1. The minimum atomic E-state index is -0.293. The maximum Gasteiger partial charge on any atom is 0.260 e. The van der Waals surface area contributed by atoms with Crippen molar-refractivity contribution in [2.45, 2.75) is 13.8 Å². The second kappa shape index (κ2) is 5.26. The Kier molecular flexibility index (Phi) is 3.43. The number of nitrogens with zero attached hydrogens (tertiary/aromatic N) is 1. The Morgan fingerprint density at radius 2 is 2.10 bits per heavy atom. The van der Waals surface area contributed by atoms with E-state index in [0.717, 1.165) is 20.8 Å². The zero-order valence-corrected chi connectivity index (χ0v) is 12.4. The molecule has 3 aromatic rings. The zero-order chi connectivity index (χ0) is 15.0. The Balaban J connectivity index is 2.04. The summed E-state index contributed by atoms with van der Waals surface area (Å²) in [5.74, 6) is 0.177. The van der Waals surface area contributed by atoms with Crippen molar-refractivity contribution >= 4 is 33.7 Å². The summed E-state index contributed by atoms with van der Waals surface area (Å²) < 4.78 is 13.1. The lowest BCUT2D eigenvalue weighted by Crippen LogP contribution is -2.09. The molecule has 3 nitrogen and oxygen atoms in total. The van der Waals surface area contributed by atoms with Crippen molar-refractivity contribution in [3.05, 3.63) is 62.3 Å². The Labute approximate surface area is 124 Å². The summed E-state index contributed by atoms with van der Waals surface area (Å²) in [5, 5.41) is 0.653. The quantitative estimate of drug-likeness (QED) is 0.780. The number of thiophene rings is 1. The van der Waals surface area contributed by atoms with E-state index in [1.165, 1.54) is 23.5 Å². The lowest BCUT2D eigenvalue weighted by atomic mass is 10.2. The number of fused-ring (bicyclic) bond motifs is 1. The van der Waals surface area contributed by atoms with Crippen LogP contribution in [0, 0.1) is 19.7 Å². The molecule has 0 spiro atoms. The fourth-order valence-corrected chi connectivity index (χ4v) is 3.17. The molecule has 0 fully saturated rings. The molecule has 2 aromatic heterocycles. The van der Waals surface area contributed by atoms with Gasteiger partial charge in [0.15, 0.2) is 0 Å². The van der Waals surface area contributed by atoms with Crippen molar-refractivity contribution in [1.29, 1.82) is 0 Å². The van der Waals surface area contributed by atoms with Gasteiger partial charge in [0.1, 0.15) is 16.5 Å². The number of nitrogens with one attached hydrogen (secondary N) is 1. The van der Waals surface area contributed by atoms with Gasteiger partial charge in [0.05, 0.1) is 5.39 Å². The fourth-order valence-electron chi connectivity index (χ4n) is 2.14. The van der Waals surface area contributed by atoms with Crippen molar-refractivity contribution in [3.63, 3.8) is 0 Å². The predicted molar refractivity (Wildman–Crippen MR) is 85.0 cm³/mol. The second-order valence-electron chi connectivity index (χ2n) is 4.80. The van der Waals surface area contributed by atoms with E-state index in [2.05, 4.69) is 9.97 Å². The molecule has 2 heterocycles. The van der Waals surface area contributed by atoms with Gasteiger partial charge in [-0.25, -0.2) is 9.37 Å². The monoisotopic (exact) mass is 300 g/mol. The minimum Gasteiger partial charge on any atom is -0.306 e. The maximum absolute atomic E-state index is 13.1. The topological polar surface area (TPSA) is 45.8 Å². The molecular weight excluding hydrogens is 287 g/mol. The van der Waals surface area contributed by atoms with Crippen LogP contribution >= 0.6 is 11.3 Å². The van der Waals surface area contributed by atoms with Gasteiger partial charge in [-0.2, -0.15) is 0 Å². The SMILES string of the molecule is Cc1sc2nc(/C=C/c3cccc(F)c3)[nH]c(=O)c2c1C. The summed E-state index contributed by atoms with van der Waals surface area (Å²) in [7, 11) is 0. The highest BCUT2D eigenvalue weighted by Gasteiger charge is 2.10. The summed E-state index contributed by atoms with van der Waals surface area (Å²) in [5.41, 5.74) is 1.56. The molecule has 21 heavy (non-hydrogen) atoms. The highest BCUT2D eigenvalue weighted by atomic mass is 32.1. The maximum atomic E-state index is 13.1. The van der Waals surface area contributed by atoms with Gasteiger partial charge in [-0.05, 0) is 43.2 Å². The van der Waals surface area contributed by atoms with Crippen LogP contribution in [0.4, 0.5) is 4.39 Å². The molecule has 1 N–H and O–H groups in total. The zero-order valence-electron chi connectivity index (χ0n) is 11.6. The average Bonchev–Trinajstić information content (AvgIpc) is 2.72. The third-order valence-corrected chi connectivity index (χ3v) is 4.44. The van der Waals surface area contributed by atoms with Crippen molar-refractivity contribution in [2.24, 2.45) is 0 Å². The normalized spacial score (nSPS) is 11.6. The molecule has 0 aliphatic heterocycles. The van der Waals surface area contributed by atoms with Crippen LogP contribution in [0.1, 0.15) is 21.8 Å². The van der Waals surface area contributed by atoms with Crippen molar-refractivity contribution in [1.82, 2.24) is 9.97 Å². The molecule has 106 valence electrons. The number of aryl methyl sites for hydroxylation is 2. The summed E-state index contributed by atoms with van der Waals surface area (Å²) in [6.07, 6.45) is 3.40. The Morgan fingerprint density at radius 1 is 1.29 bits per heavy atom. The van der Waals surface area contributed by atoms with E-state index in [0.29, 0.717) is 11.2 Å². The van der Waals surface area contributed by atoms with Crippen LogP contribution in [0.5, 0.6) is 0 Å². The van der Waals surface area contributed by atoms with Crippen molar-refractivity contribution in [3.8, 4) is 0 Å². The molecule has 0 bridgehead atoms.